The molecular formula is C22H20FNO4S. The highest BCUT2D eigenvalue weighted by Gasteiger charge is 2.24. The largest absolute Gasteiger partial charge is 0.508 e. The third-order valence-electron chi connectivity index (χ3n) is 4.42. The number of ketones is 1. The van der Waals surface area contributed by atoms with Crippen LogP contribution >= 0.6 is 11.3 Å². The summed E-state index contributed by atoms with van der Waals surface area (Å²) in [6.45, 7) is 0. The van der Waals surface area contributed by atoms with E-state index in [-0.39, 0.29) is 30.3 Å². The number of aromatic hydroxyl groups is 1. The van der Waals surface area contributed by atoms with Crippen LogP contribution in [0.5, 0.6) is 11.5 Å². The Morgan fingerprint density at radius 1 is 1.17 bits per heavy atom. The van der Waals surface area contributed by atoms with Crippen LogP contribution < -0.4 is 10.1 Å². The molecular weight excluding hydrogens is 393 g/mol. The van der Waals surface area contributed by atoms with Gasteiger partial charge in [-0.25, -0.2) is 4.39 Å². The minimum atomic E-state index is -0.817. The Hall–Kier alpha value is -3.19. The second kappa shape index (κ2) is 9.34. The smallest absolute Gasteiger partial charge is 0.261 e. The number of hydrogen-bond donors (Lipinski definition) is 2. The normalized spacial score (nSPS) is 11.7. The van der Waals surface area contributed by atoms with Crippen molar-refractivity contribution in [2.24, 2.45) is 0 Å². The molecule has 1 amide bonds. The Kier molecular flexibility index (Phi) is 6.61. The number of carbonyl (C=O) groups is 2. The van der Waals surface area contributed by atoms with E-state index >= 15 is 0 Å². The van der Waals surface area contributed by atoms with Crippen molar-refractivity contribution >= 4 is 23.0 Å². The average Bonchev–Trinajstić information content (AvgIpc) is 3.24. The van der Waals surface area contributed by atoms with Crippen LogP contribution in [-0.4, -0.2) is 29.9 Å². The lowest BCUT2D eigenvalue weighted by atomic mass is 9.97. The minimum Gasteiger partial charge on any atom is -0.508 e. The molecule has 3 aromatic rings. The van der Waals surface area contributed by atoms with Gasteiger partial charge in [-0.2, -0.15) is 0 Å². The summed E-state index contributed by atoms with van der Waals surface area (Å²) in [5.41, 5.74) is 1.19. The standard InChI is InChI=1S/C22H20FNO4S/c1-28-20-9-6-16(23)12-15(20)13-19(26)18(11-14-4-7-17(25)8-5-14)24-22(27)21-3-2-10-29-21/h2-10,12,18,25H,11,13H2,1H3,(H,24,27). The van der Waals surface area contributed by atoms with Crippen molar-refractivity contribution in [2.45, 2.75) is 18.9 Å². The maximum absolute atomic E-state index is 13.7. The summed E-state index contributed by atoms with van der Waals surface area (Å²) in [6.07, 6.45) is 0.155. The molecule has 150 valence electrons. The summed E-state index contributed by atoms with van der Waals surface area (Å²) in [4.78, 5) is 26.0. The molecule has 0 bridgehead atoms. The second-order valence-electron chi connectivity index (χ2n) is 6.47. The number of carbonyl (C=O) groups excluding carboxylic acids is 2. The van der Waals surface area contributed by atoms with Gasteiger partial charge in [0.25, 0.3) is 5.91 Å². The summed E-state index contributed by atoms with van der Waals surface area (Å²) < 4.78 is 18.9. The highest BCUT2D eigenvalue weighted by Crippen LogP contribution is 2.21. The van der Waals surface area contributed by atoms with Gasteiger partial charge in [0.05, 0.1) is 18.0 Å². The van der Waals surface area contributed by atoms with E-state index < -0.39 is 11.9 Å². The summed E-state index contributed by atoms with van der Waals surface area (Å²) >= 11 is 1.28. The zero-order valence-corrected chi connectivity index (χ0v) is 16.5. The number of ether oxygens (including phenoxy) is 1. The van der Waals surface area contributed by atoms with Gasteiger partial charge in [-0.05, 0) is 53.8 Å². The molecule has 0 aliphatic rings. The lowest BCUT2D eigenvalue weighted by Gasteiger charge is -2.18. The van der Waals surface area contributed by atoms with E-state index in [2.05, 4.69) is 5.32 Å². The SMILES string of the molecule is COc1ccc(F)cc1CC(=O)C(Cc1ccc(O)cc1)NC(=O)c1cccs1. The van der Waals surface area contributed by atoms with E-state index in [0.29, 0.717) is 16.2 Å². The van der Waals surface area contributed by atoms with Crippen LogP contribution in [0, 0.1) is 5.82 Å². The fourth-order valence-electron chi connectivity index (χ4n) is 2.95. The number of phenolic OH excluding ortho intramolecular Hbond substituents is 1. The molecule has 7 heteroatoms. The average molecular weight is 413 g/mol. The van der Waals surface area contributed by atoms with Crippen molar-refractivity contribution in [3.05, 3.63) is 81.8 Å². The van der Waals surface area contributed by atoms with Gasteiger partial charge >= 0.3 is 0 Å². The molecule has 0 saturated carbocycles. The fourth-order valence-corrected chi connectivity index (χ4v) is 3.57. The van der Waals surface area contributed by atoms with Crippen LogP contribution in [0.1, 0.15) is 20.8 Å². The maximum atomic E-state index is 13.7. The molecule has 1 aromatic heterocycles. The van der Waals surface area contributed by atoms with Gasteiger partial charge < -0.3 is 15.2 Å². The van der Waals surface area contributed by atoms with Crippen molar-refractivity contribution in [2.75, 3.05) is 7.11 Å². The zero-order valence-electron chi connectivity index (χ0n) is 15.7. The molecule has 2 aromatic carbocycles. The fraction of sp³-hybridized carbons (Fsp3) is 0.182. The van der Waals surface area contributed by atoms with E-state index in [1.54, 1.807) is 29.6 Å². The van der Waals surface area contributed by atoms with Gasteiger partial charge in [0.15, 0.2) is 5.78 Å². The van der Waals surface area contributed by atoms with Crippen molar-refractivity contribution in [3.8, 4) is 11.5 Å². The Morgan fingerprint density at radius 2 is 1.93 bits per heavy atom. The van der Waals surface area contributed by atoms with Crippen molar-refractivity contribution < 1.29 is 23.8 Å². The highest BCUT2D eigenvalue weighted by atomic mass is 32.1. The molecule has 0 aliphatic heterocycles. The van der Waals surface area contributed by atoms with E-state index in [1.807, 2.05) is 0 Å². The lowest BCUT2D eigenvalue weighted by Crippen LogP contribution is -2.43. The van der Waals surface area contributed by atoms with Crippen molar-refractivity contribution in [3.63, 3.8) is 0 Å². The summed E-state index contributed by atoms with van der Waals surface area (Å²) in [6, 6.07) is 13.0. The Bertz CT molecular complexity index is 987. The first kappa shape index (κ1) is 20.5. The van der Waals surface area contributed by atoms with Gasteiger partial charge in [-0.3, -0.25) is 9.59 Å². The van der Waals surface area contributed by atoms with Gasteiger partial charge in [0.2, 0.25) is 0 Å². The summed E-state index contributed by atoms with van der Waals surface area (Å²) in [5, 5.41) is 14.0. The Balaban J connectivity index is 1.82. The predicted molar refractivity (Wildman–Crippen MR) is 109 cm³/mol. The number of rotatable bonds is 8. The second-order valence-corrected chi connectivity index (χ2v) is 7.42. The molecule has 29 heavy (non-hydrogen) atoms. The van der Waals surface area contributed by atoms with Crippen LogP contribution in [0.25, 0.3) is 0 Å². The quantitative estimate of drug-likeness (QED) is 0.590. The number of benzene rings is 2. The summed E-state index contributed by atoms with van der Waals surface area (Å²) in [7, 11) is 1.45. The number of nitrogens with one attached hydrogen (secondary N) is 1. The molecule has 0 fully saturated rings. The van der Waals surface area contributed by atoms with E-state index in [4.69, 9.17) is 4.74 Å². The number of amides is 1. The number of hydrogen-bond acceptors (Lipinski definition) is 5. The molecule has 2 N–H and O–H groups in total. The first-order chi connectivity index (χ1) is 14.0. The number of Topliss-reactive ketones (excluding diaryl/α,β-unsaturated/α-hetero) is 1. The molecule has 3 rings (SSSR count). The molecule has 0 spiro atoms. The van der Waals surface area contributed by atoms with Crippen LogP contribution in [-0.2, 0) is 17.6 Å². The molecule has 1 heterocycles. The number of phenols is 1. The third-order valence-corrected chi connectivity index (χ3v) is 5.29. The molecule has 5 nitrogen and oxygen atoms in total. The van der Waals surface area contributed by atoms with Crippen LogP contribution in [0.2, 0.25) is 0 Å². The van der Waals surface area contributed by atoms with Gasteiger partial charge in [0, 0.05) is 12.0 Å². The van der Waals surface area contributed by atoms with Crippen LogP contribution in [0.15, 0.2) is 60.0 Å². The number of methoxy groups -OCH3 is 1. The lowest BCUT2D eigenvalue weighted by molar-refractivity contribution is -0.120. The number of halogens is 1. The van der Waals surface area contributed by atoms with Crippen LogP contribution in [0.4, 0.5) is 4.39 Å². The third kappa shape index (κ3) is 5.42. The summed E-state index contributed by atoms with van der Waals surface area (Å²) in [5.74, 6) is -0.557. The van der Waals surface area contributed by atoms with E-state index in [1.165, 1.54) is 48.8 Å². The molecule has 0 aliphatic carbocycles. The Labute approximate surface area is 171 Å². The predicted octanol–water partition coefficient (Wildman–Crippen LogP) is 3.75. The molecule has 0 radical (unpaired) electrons. The highest BCUT2D eigenvalue weighted by molar-refractivity contribution is 7.12. The number of thiophene rings is 1. The van der Waals surface area contributed by atoms with E-state index in [0.717, 1.165) is 5.56 Å². The maximum Gasteiger partial charge on any atom is 0.261 e. The van der Waals surface area contributed by atoms with Crippen molar-refractivity contribution in [1.29, 1.82) is 0 Å². The van der Waals surface area contributed by atoms with Gasteiger partial charge in [-0.15, -0.1) is 11.3 Å². The van der Waals surface area contributed by atoms with Gasteiger partial charge in [-0.1, -0.05) is 18.2 Å². The van der Waals surface area contributed by atoms with Gasteiger partial charge in [0.1, 0.15) is 17.3 Å². The Morgan fingerprint density at radius 3 is 2.59 bits per heavy atom. The van der Waals surface area contributed by atoms with Crippen LogP contribution in [0.3, 0.4) is 0 Å². The minimum absolute atomic E-state index is 0.0889. The zero-order chi connectivity index (χ0) is 20.8. The molecule has 0 saturated heterocycles. The van der Waals surface area contributed by atoms with Crippen molar-refractivity contribution in [1.82, 2.24) is 5.32 Å². The molecule has 1 unspecified atom stereocenters. The topological polar surface area (TPSA) is 75.6 Å². The molecule has 1 atom stereocenters. The monoisotopic (exact) mass is 413 g/mol. The van der Waals surface area contributed by atoms with E-state index in [9.17, 15) is 19.1 Å². The first-order valence-electron chi connectivity index (χ1n) is 8.93. The first-order valence-corrected chi connectivity index (χ1v) is 9.81.